The fourth-order valence-electron chi connectivity index (χ4n) is 1.70. The Morgan fingerprint density at radius 2 is 2.10 bits per heavy atom. The SMILES string of the molecule is CC(NS(=O)(=O)c1cc([N+](=O)[O-])ccc1Cl)c1ccsc1. The lowest BCUT2D eigenvalue weighted by molar-refractivity contribution is -0.385. The van der Waals surface area contributed by atoms with Gasteiger partial charge in [-0.25, -0.2) is 13.1 Å². The van der Waals surface area contributed by atoms with E-state index in [1.54, 1.807) is 13.0 Å². The van der Waals surface area contributed by atoms with E-state index in [0.717, 1.165) is 17.7 Å². The maximum Gasteiger partial charge on any atom is 0.270 e. The summed E-state index contributed by atoms with van der Waals surface area (Å²) < 4.78 is 27.1. The van der Waals surface area contributed by atoms with Gasteiger partial charge in [0.1, 0.15) is 4.90 Å². The van der Waals surface area contributed by atoms with Crippen LogP contribution in [-0.4, -0.2) is 13.3 Å². The van der Waals surface area contributed by atoms with Crippen LogP contribution in [0.1, 0.15) is 18.5 Å². The monoisotopic (exact) mass is 346 g/mol. The Labute approximate surface area is 130 Å². The molecule has 0 spiro atoms. The van der Waals surface area contributed by atoms with Crippen LogP contribution in [0, 0.1) is 10.1 Å². The van der Waals surface area contributed by atoms with Crippen molar-refractivity contribution in [3.63, 3.8) is 0 Å². The number of non-ortho nitro benzene ring substituents is 1. The van der Waals surface area contributed by atoms with Crippen LogP contribution in [0.2, 0.25) is 5.02 Å². The molecule has 21 heavy (non-hydrogen) atoms. The van der Waals surface area contributed by atoms with Gasteiger partial charge in [0, 0.05) is 18.2 Å². The molecule has 1 unspecified atom stereocenters. The lowest BCUT2D eigenvalue weighted by Gasteiger charge is -2.13. The molecule has 1 aromatic carbocycles. The van der Waals surface area contributed by atoms with E-state index in [4.69, 9.17) is 11.6 Å². The van der Waals surface area contributed by atoms with Crippen molar-refractivity contribution >= 4 is 38.6 Å². The van der Waals surface area contributed by atoms with Crippen LogP contribution in [0.15, 0.2) is 39.9 Å². The number of hydrogen-bond acceptors (Lipinski definition) is 5. The molecule has 0 fully saturated rings. The van der Waals surface area contributed by atoms with E-state index in [0.29, 0.717) is 0 Å². The van der Waals surface area contributed by atoms with Crippen molar-refractivity contribution in [2.75, 3.05) is 0 Å². The first-order valence-electron chi connectivity index (χ1n) is 5.79. The van der Waals surface area contributed by atoms with Gasteiger partial charge < -0.3 is 0 Å². The van der Waals surface area contributed by atoms with Crippen molar-refractivity contribution in [2.45, 2.75) is 17.9 Å². The summed E-state index contributed by atoms with van der Waals surface area (Å²) in [5.74, 6) is 0. The number of nitrogens with one attached hydrogen (secondary N) is 1. The fourth-order valence-corrected chi connectivity index (χ4v) is 4.20. The zero-order valence-electron chi connectivity index (χ0n) is 10.8. The van der Waals surface area contributed by atoms with Crippen LogP contribution in [0.25, 0.3) is 0 Å². The van der Waals surface area contributed by atoms with Gasteiger partial charge in [-0.3, -0.25) is 10.1 Å². The Balaban J connectivity index is 2.35. The van der Waals surface area contributed by atoms with E-state index in [1.807, 2.05) is 10.8 Å². The van der Waals surface area contributed by atoms with Crippen LogP contribution in [-0.2, 0) is 10.0 Å². The minimum atomic E-state index is -3.95. The maximum atomic E-state index is 12.3. The number of sulfonamides is 1. The third kappa shape index (κ3) is 3.59. The van der Waals surface area contributed by atoms with Crippen molar-refractivity contribution in [1.29, 1.82) is 0 Å². The number of nitro groups is 1. The molecule has 0 saturated heterocycles. The summed E-state index contributed by atoms with van der Waals surface area (Å²) in [7, 11) is -3.95. The summed E-state index contributed by atoms with van der Waals surface area (Å²) >= 11 is 7.30. The zero-order chi connectivity index (χ0) is 15.6. The number of thiophene rings is 1. The van der Waals surface area contributed by atoms with E-state index in [2.05, 4.69) is 4.72 Å². The van der Waals surface area contributed by atoms with Crippen LogP contribution in [0.3, 0.4) is 0 Å². The highest BCUT2D eigenvalue weighted by molar-refractivity contribution is 7.89. The van der Waals surface area contributed by atoms with Crippen molar-refractivity contribution < 1.29 is 13.3 Å². The number of benzene rings is 1. The topological polar surface area (TPSA) is 89.3 Å². The Bertz CT molecular complexity index is 760. The smallest absolute Gasteiger partial charge is 0.258 e. The van der Waals surface area contributed by atoms with Gasteiger partial charge in [0.25, 0.3) is 5.69 Å². The second-order valence-corrected chi connectivity index (χ2v) is 7.14. The van der Waals surface area contributed by atoms with E-state index in [9.17, 15) is 18.5 Å². The molecule has 1 heterocycles. The normalized spacial score (nSPS) is 13.0. The molecule has 9 heteroatoms. The molecular formula is C12H11ClN2O4S2. The molecule has 0 aliphatic carbocycles. The molecule has 1 aromatic heterocycles. The number of nitro benzene ring substituents is 1. The first-order valence-corrected chi connectivity index (χ1v) is 8.60. The third-order valence-corrected chi connectivity index (χ3v) is 5.51. The van der Waals surface area contributed by atoms with Gasteiger partial charge >= 0.3 is 0 Å². The van der Waals surface area contributed by atoms with Gasteiger partial charge in [-0.2, -0.15) is 11.3 Å². The summed E-state index contributed by atoms with van der Waals surface area (Å²) in [4.78, 5) is 9.77. The van der Waals surface area contributed by atoms with Crippen molar-refractivity contribution in [3.05, 3.63) is 55.7 Å². The van der Waals surface area contributed by atoms with E-state index < -0.39 is 21.0 Å². The average molecular weight is 347 g/mol. The first-order chi connectivity index (χ1) is 9.81. The van der Waals surface area contributed by atoms with Gasteiger partial charge in [-0.05, 0) is 35.4 Å². The standard InChI is InChI=1S/C12H11ClN2O4S2/c1-8(9-4-5-20-7-9)14-21(18,19)12-6-10(15(16)17)2-3-11(12)13/h2-8,14H,1H3. The Hall–Kier alpha value is -1.48. The van der Waals surface area contributed by atoms with Crippen molar-refractivity contribution in [3.8, 4) is 0 Å². The first kappa shape index (κ1) is 15.9. The molecule has 1 atom stereocenters. The second-order valence-electron chi connectivity index (χ2n) is 4.27. The quantitative estimate of drug-likeness (QED) is 0.664. The Morgan fingerprint density at radius 1 is 1.38 bits per heavy atom. The minimum Gasteiger partial charge on any atom is -0.258 e. The molecule has 2 aromatic rings. The van der Waals surface area contributed by atoms with E-state index >= 15 is 0 Å². The molecule has 0 aliphatic rings. The molecule has 0 radical (unpaired) electrons. The number of halogens is 1. The van der Waals surface area contributed by atoms with Gasteiger partial charge in [-0.15, -0.1) is 0 Å². The van der Waals surface area contributed by atoms with Crippen LogP contribution in [0.5, 0.6) is 0 Å². The van der Waals surface area contributed by atoms with Crippen molar-refractivity contribution in [1.82, 2.24) is 4.72 Å². The fraction of sp³-hybridized carbons (Fsp3) is 0.167. The summed E-state index contributed by atoms with van der Waals surface area (Å²) in [6.45, 7) is 1.69. The second kappa shape index (κ2) is 6.10. The average Bonchev–Trinajstić information content (AvgIpc) is 2.92. The predicted octanol–water partition coefficient (Wildman–Crippen LogP) is 3.35. The van der Waals surface area contributed by atoms with Crippen LogP contribution in [0.4, 0.5) is 5.69 Å². The molecule has 112 valence electrons. The summed E-state index contributed by atoms with van der Waals surface area (Å²) in [6, 6.07) is 4.64. The maximum absolute atomic E-state index is 12.3. The lowest BCUT2D eigenvalue weighted by Crippen LogP contribution is -2.27. The van der Waals surface area contributed by atoms with E-state index in [1.165, 1.54) is 17.4 Å². The number of rotatable bonds is 5. The molecule has 0 amide bonds. The predicted molar refractivity (Wildman–Crippen MR) is 81.2 cm³/mol. The van der Waals surface area contributed by atoms with Crippen LogP contribution < -0.4 is 4.72 Å². The molecule has 2 rings (SSSR count). The van der Waals surface area contributed by atoms with Gasteiger partial charge in [-0.1, -0.05) is 11.6 Å². The third-order valence-electron chi connectivity index (χ3n) is 2.79. The lowest BCUT2D eigenvalue weighted by atomic mass is 10.2. The van der Waals surface area contributed by atoms with Crippen LogP contribution >= 0.6 is 22.9 Å². The van der Waals surface area contributed by atoms with E-state index in [-0.39, 0.29) is 15.6 Å². The van der Waals surface area contributed by atoms with Gasteiger partial charge in [0.05, 0.1) is 9.95 Å². The summed E-state index contributed by atoms with van der Waals surface area (Å²) in [6.07, 6.45) is 0. The highest BCUT2D eigenvalue weighted by atomic mass is 35.5. The number of nitrogens with zero attached hydrogens (tertiary/aromatic N) is 1. The summed E-state index contributed by atoms with van der Waals surface area (Å²) in [5, 5.41) is 14.3. The van der Waals surface area contributed by atoms with Gasteiger partial charge in [0.2, 0.25) is 10.0 Å². The molecule has 0 aliphatic heterocycles. The largest absolute Gasteiger partial charge is 0.270 e. The highest BCUT2D eigenvalue weighted by Crippen LogP contribution is 2.27. The van der Waals surface area contributed by atoms with Crippen molar-refractivity contribution in [2.24, 2.45) is 0 Å². The van der Waals surface area contributed by atoms with Gasteiger partial charge in [0.15, 0.2) is 0 Å². The molecule has 0 saturated carbocycles. The number of hydrogen-bond donors (Lipinski definition) is 1. The zero-order valence-corrected chi connectivity index (χ0v) is 13.2. The molecular weight excluding hydrogens is 336 g/mol. The highest BCUT2D eigenvalue weighted by Gasteiger charge is 2.24. The Morgan fingerprint density at radius 3 is 2.67 bits per heavy atom. The molecule has 6 nitrogen and oxygen atoms in total. The summed E-state index contributed by atoms with van der Waals surface area (Å²) in [5.41, 5.74) is 0.480. The molecule has 1 N–H and O–H groups in total. The Kier molecular flexibility index (Phi) is 4.62. The molecule has 0 bridgehead atoms. The minimum absolute atomic E-state index is 0.0642.